The highest BCUT2D eigenvalue weighted by atomic mass is 32.1. The van der Waals surface area contributed by atoms with Gasteiger partial charge in [0, 0.05) is 29.1 Å². The average Bonchev–Trinajstić information content (AvgIpc) is 3.48. The highest BCUT2D eigenvalue weighted by Gasteiger charge is 2.31. The van der Waals surface area contributed by atoms with Crippen LogP contribution in [0, 0.1) is 0 Å². The summed E-state index contributed by atoms with van der Waals surface area (Å²) >= 11 is 1.29. The van der Waals surface area contributed by atoms with Crippen molar-refractivity contribution < 1.29 is 19.2 Å². The van der Waals surface area contributed by atoms with Crippen molar-refractivity contribution in [2.45, 2.75) is 25.8 Å². The molecule has 5 rings (SSSR count). The summed E-state index contributed by atoms with van der Waals surface area (Å²) in [5, 5.41) is 5.28. The van der Waals surface area contributed by atoms with Gasteiger partial charge in [-0.3, -0.25) is 19.2 Å². The van der Waals surface area contributed by atoms with Crippen LogP contribution in [-0.2, 0) is 33.8 Å². The third kappa shape index (κ3) is 4.17. The SMILES string of the molecule is O=C(NCc1ccc(C(=O)c2ccccc2)s1)C(=O)Nc1cc2c3c(c1)CCN3C(=O)CC2. The molecule has 7 nitrogen and oxygen atoms in total. The zero-order chi connectivity index (χ0) is 22.9. The van der Waals surface area contributed by atoms with Crippen LogP contribution in [0.4, 0.5) is 11.4 Å². The third-order valence-corrected chi connectivity index (χ3v) is 6.94. The molecule has 0 atom stereocenters. The number of aryl methyl sites for hydroxylation is 1. The number of hydrogen-bond acceptors (Lipinski definition) is 5. The number of rotatable bonds is 5. The van der Waals surface area contributed by atoms with Crippen molar-refractivity contribution in [3.8, 4) is 0 Å². The van der Waals surface area contributed by atoms with Gasteiger partial charge in [0.2, 0.25) is 11.7 Å². The van der Waals surface area contributed by atoms with Crippen molar-refractivity contribution in [3.05, 3.63) is 81.0 Å². The summed E-state index contributed by atoms with van der Waals surface area (Å²) in [6, 6.07) is 16.2. The molecular formula is C25H21N3O4S. The Morgan fingerprint density at radius 2 is 1.67 bits per heavy atom. The lowest BCUT2D eigenvalue weighted by molar-refractivity contribution is -0.136. The number of thiophene rings is 1. The Kier molecular flexibility index (Phi) is 5.51. The zero-order valence-corrected chi connectivity index (χ0v) is 18.5. The average molecular weight is 460 g/mol. The lowest BCUT2D eigenvalue weighted by atomic mass is 9.98. The molecule has 2 aromatic carbocycles. The van der Waals surface area contributed by atoms with E-state index in [4.69, 9.17) is 0 Å². The van der Waals surface area contributed by atoms with Crippen LogP contribution in [0.1, 0.15) is 37.7 Å². The molecule has 3 heterocycles. The predicted molar refractivity (Wildman–Crippen MR) is 125 cm³/mol. The molecule has 0 fully saturated rings. The number of anilines is 2. The van der Waals surface area contributed by atoms with Gasteiger partial charge in [-0.15, -0.1) is 11.3 Å². The molecule has 33 heavy (non-hydrogen) atoms. The van der Waals surface area contributed by atoms with E-state index in [9.17, 15) is 19.2 Å². The van der Waals surface area contributed by atoms with Crippen molar-refractivity contribution in [1.29, 1.82) is 0 Å². The minimum Gasteiger partial charge on any atom is -0.343 e. The van der Waals surface area contributed by atoms with Gasteiger partial charge in [-0.2, -0.15) is 0 Å². The van der Waals surface area contributed by atoms with Crippen LogP contribution >= 0.6 is 11.3 Å². The maximum atomic E-state index is 12.5. The van der Waals surface area contributed by atoms with Crippen LogP contribution in [0.25, 0.3) is 0 Å². The van der Waals surface area contributed by atoms with E-state index < -0.39 is 11.8 Å². The smallest absolute Gasteiger partial charge is 0.313 e. The predicted octanol–water partition coefficient (Wildman–Crippen LogP) is 3.07. The van der Waals surface area contributed by atoms with Gasteiger partial charge in [-0.25, -0.2) is 0 Å². The lowest BCUT2D eigenvalue weighted by Crippen LogP contribution is -2.35. The van der Waals surface area contributed by atoms with Gasteiger partial charge in [0.05, 0.1) is 17.1 Å². The fraction of sp³-hybridized carbons (Fsp3) is 0.200. The van der Waals surface area contributed by atoms with Gasteiger partial charge in [0.25, 0.3) is 0 Å². The number of nitrogens with one attached hydrogen (secondary N) is 2. The molecule has 2 N–H and O–H groups in total. The van der Waals surface area contributed by atoms with E-state index in [1.807, 2.05) is 35.2 Å². The van der Waals surface area contributed by atoms with Crippen LogP contribution in [0.15, 0.2) is 54.6 Å². The first-order valence-corrected chi connectivity index (χ1v) is 11.5. The monoisotopic (exact) mass is 459 g/mol. The van der Waals surface area contributed by atoms with E-state index in [-0.39, 0.29) is 18.2 Å². The summed E-state index contributed by atoms with van der Waals surface area (Å²) in [5.41, 5.74) is 4.18. The maximum absolute atomic E-state index is 12.5. The second-order valence-electron chi connectivity index (χ2n) is 8.04. The van der Waals surface area contributed by atoms with Gasteiger partial charge in [-0.05, 0) is 48.2 Å². The Balaban J connectivity index is 1.20. The molecule has 3 aromatic rings. The van der Waals surface area contributed by atoms with Crippen LogP contribution in [0.2, 0.25) is 0 Å². The van der Waals surface area contributed by atoms with Crippen LogP contribution in [-0.4, -0.2) is 30.0 Å². The number of nitrogens with zero attached hydrogens (tertiary/aromatic N) is 1. The van der Waals surface area contributed by atoms with Crippen molar-refractivity contribution >= 4 is 46.2 Å². The summed E-state index contributed by atoms with van der Waals surface area (Å²) in [6.45, 7) is 0.820. The molecule has 2 aliphatic rings. The molecular weight excluding hydrogens is 438 g/mol. The molecule has 1 aromatic heterocycles. The molecule has 0 radical (unpaired) electrons. The number of ketones is 1. The molecule has 8 heteroatoms. The van der Waals surface area contributed by atoms with E-state index >= 15 is 0 Å². The molecule has 0 saturated heterocycles. The molecule has 3 amide bonds. The number of amides is 3. The van der Waals surface area contributed by atoms with E-state index in [1.54, 1.807) is 24.3 Å². The Bertz CT molecular complexity index is 1280. The minimum absolute atomic E-state index is 0.0724. The minimum atomic E-state index is -0.749. The largest absolute Gasteiger partial charge is 0.343 e. The Morgan fingerprint density at radius 3 is 2.45 bits per heavy atom. The molecule has 0 unspecified atom stereocenters. The van der Waals surface area contributed by atoms with Crippen molar-refractivity contribution in [2.75, 3.05) is 16.8 Å². The lowest BCUT2D eigenvalue weighted by Gasteiger charge is -2.25. The fourth-order valence-electron chi connectivity index (χ4n) is 4.29. The summed E-state index contributed by atoms with van der Waals surface area (Å²) in [7, 11) is 0. The Labute approximate surface area is 194 Å². The maximum Gasteiger partial charge on any atom is 0.313 e. The summed E-state index contributed by atoms with van der Waals surface area (Å²) < 4.78 is 0. The van der Waals surface area contributed by atoms with Crippen LogP contribution < -0.4 is 15.5 Å². The van der Waals surface area contributed by atoms with Gasteiger partial charge in [-0.1, -0.05) is 30.3 Å². The first-order valence-electron chi connectivity index (χ1n) is 10.7. The normalized spacial score (nSPS) is 14.1. The molecule has 0 aliphatic carbocycles. The van der Waals surface area contributed by atoms with Gasteiger partial charge in [0.1, 0.15) is 0 Å². The van der Waals surface area contributed by atoms with Crippen molar-refractivity contribution in [1.82, 2.24) is 5.32 Å². The standard InChI is InChI=1S/C25H21N3O4S/c29-21-9-6-16-12-18(13-17-10-11-28(21)22(16)17)27-25(32)24(31)26-14-19-7-8-20(33-19)23(30)15-4-2-1-3-5-15/h1-5,7-8,12-13H,6,9-11,14H2,(H,26,31)(H,27,32). The highest BCUT2D eigenvalue weighted by Crippen LogP contribution is 2.38. The Morgan fingerprint density at radius 1 is 0.909 bits per heavy atom. The Hall–Kier alpha value is -3.78. The van der Waals surface area contributed by atoms with E-state index in [0.717, 1.165) is 28.1 Å². The van der Waals surface area contributed by atoms with Crippen LogP contribution in [0.5, 0.6) is 0 Å². The fourth-order valence-corrected chi connectivity index (χ4v) is 5.20. The molecule has 0 saturated carbocycles. The molecule has 0 spiro atoms. The molecule has 166 valence electrons. The van der Waals surface area contributed by atoms with Gasteiger partial charge in [0.15, 0.2) is 0 Å². The van der Waals surface area contributed by atoms with E-state index in [2.05, 4.69) is 10.6 Å². The molecule has 0 bridgehead atoms. The van der Waals surface area contributed by atoms with Crippen molar-refractivity contribution in [3.63, 3.8) is 0 Å². The second-order valence-corrected chi connectivity index (χ2v) is 9.20. The second kappa shape index (κ2) is 8.63. The van der Waals surface area contributed by atoms with E-state index in [0.29, 0.717) is 35.5 Å². The third-order valence-electron chi connectivity index (χ3n) is 5.86. The number of carbonyl (C=O) groups excluding carboxylic acids is 4. The number of hydrogen-bond donors (Lipinski definition) is 2. The quantitative estimate of drug-likeness (QED) is 0.453. The topological polar surface area (TPSA) is 95.6 Å². The van der Waals surface area contributed by atoms with Crippen LogP contribution in [0.3, 0.4) is 0 Å². The highest BCUT2D eigenvalue weighted by molar-refractivity contribution is 7.14. The van der Waals surface area contributed by atoms with Gasteiger partial charge < -0.3 is 15.5 Å². The summed E-state index contributed by atoms with van der Waals surface area (Å²) in [5.74, 6) is -1.43. The zero-order valence-electron chi connectivity index (χ0n) is 17.7. The number of carbonyl (C=O) groups is 4. The number of benzene rings is 2. The summed E-state index contributed by atoms with van der Waals surface area (Å²) in [6.07, 6.45) is 1.84. The van der Waals surface area contributed by atoms with Gasteiger partial charge >= 0.3 is 11.8 Å². The van der Waals surface area contributed by atoms with Crippen molar-refractivity contribution in [2.24, 2.45) is 0 Å². The molecule has 2 aliphatic heterocycles. The first-order chi connectivity index (χ1) is 16.0. The summed E-state index contributed by atoms with van der Waals surface area (Å²) in [4.78, 5) is 52.5. The van der Waals surface area contributed by atoms with E-state index in [1.165, 1.54) is 11.3 Å². The first kappa shape index (κ1) is 21.1.